The minimum absolute atomic E-state index is 0.0584. The highest BCUT2D eigenvalue weighted by atomic mass is 79.9. The van der Waals surface area contributed by atoms with Crippen molar-refractivity contribution in [3.63, 3.8) is 0 Å². The number of H-pyrrole nitrogens is 2. The summed E-state index contributed by atoms with van der Waals surface area (Å²) >= 11 is 3.41. The Bertz CT molecular complexity index is 836. The fraction of sp³-hybridized carbons (Fsp3) is 0.0833. The summed E-state index contributed by atoms with van der Waals surface area (Å²) in [4.78, 5) is 25.5. The van der Waals surface area contributed by atoms with Crippen LogP contribution in [0.3, 0.4) is 0 Å². The van der Waals surface area contributed by atoms with Crippen molar-refractivity contribution in [2.75, 3.05) is 5.73 Å². The molecule has 0 fully saturated rings. The van der Waals surface area contributed by atoms with Gasteiger partial charge in [-0.05, 0) is 30.7 Å². The van der Waals surface area contributed by atoms with Gasteiger partial charge in [-0.15, -0.1) is 0 Å². The topological polar surface area (TPSA) is 100 Å². The number of aromatic nitrogens is 4. The number of aryl methyl sites for hydroxylation is 1. The summed E-state index contributed by atoms with van der Waals surface area (Å²) in [5, 5.41) is 0. The first-order valence-electron chi connectivity index (χ1n) is 5.56. The monoisotopic (exact) mass is 319 g/mol. The number of hydrogen-bond acceptors (Lipinski definition) is 4. The molecule has 0 saturated heterocycles. The molecule has 6 nitrogen and oxygen atoms in total. The van der Waals surface area contributed by atoms with E-state index in [0.29, 0.717) is 17.0 Å². The standard InChI is InChI=1S/C12H10BrN5O/c1-5-4-6(13)2-3-7(5)9-15-8-10(16-9)17-12(14)18-11(8)19/h2-4H,1H3,(H4,14,15,16,17,18,19). The number of aromatic amines is 2. The number of hydrogen-bond donors (Lipinski definition) is 3. The molecular weight excluding hydrogens is 310 g/mol. The normalized spacial score (nSPS) is 11.1. The van der Waals surface area contributed by atoms with E-state index in [0.717, 1.165) is 15.6 Å². The first kappa shape index (κ1) is 11.9. The fourth-order valence-corrected chi connectivity index (χ4v) is 2.42. The zero-order chi connectivity index (χ0) is 13.6. The zero-order valence-electron chi connectivity index (χ0n) is 9.99. The molecule has 1 aromatic carbocycles. The molecule has 0 bridgehead atoms. The van der Waals surface area contributed by atoms with Gasteiger partial charge in [-0.2, -0.15) is 4.98 Å². The first-order valence-corrected chi connectivity index (χ1v) is 6.36. The van der Waals surface area contributed by atoms with Crippen molar-refractivity contribution >= 4 is 33.0 Å². The largest absolute Gasteiger partial charge is 0.369 e. The lowest BCUT2D eigenvalue weighted by Crippen LogP contribution is -2.10. The van der Waals surface area contributed by atoms with Crippen LogP contribution in [-0.2, 0) is 0 Å². The van der Waals surface area contributed by atoms with Crippen molar-refractivity contribution in [1.29, 1.82) is 0 Å². The number of nitrogen functional groups attached to an aromatic ring is 1. The van der Waals surface area contributed by atoms with Crippen LogP contribution in [0, 0.1) is 6.92 Å². The molecule has 4 N–H and O–H groups in total. The maximum atomic E-state index is 11.7. The van der Waals surface area contributed by atoms with Crippen LogP contribution in [0.5, 0.6) is 0 Å². The molecule has 0 aliphatic heterocycles. The van der Waals surface area contributed by atoms with Gasteiger partial charge in [0.1, 0.15) is 5.82 Å². The van der Waals surface area contributed by atoms with E-state index in [2.05, 4.69) is 35.9 Å². The van der Waals surface area contributed by atoms with Crippen LogP contribution in [0.25, 0.3) is 22.6 Å². The van der Waals surface area contributed by atoms with E-state index in [1.807, 2.05) is 25.1 Å². The maximum absolute atomic E-state index is 11.7. The molecule has 0 atom stereocenters. The van der Waals surface area contributed by atoms with Gasteiger partial charge in [0.2, 0.25) is 5.95 Å². The van der Waals surface area contributed by atoms with E-state index in [9.17, 15) is 4.79 Å². The number of benzene rings is 1. The summed E-state index contributed by atoms with van der Waals surface area (Å²) < 4.78 is 0.991. The lowest BCUT2D eigenvalue weighted by Gasteiger charge is -2.02. The molecule has 2 heterocycles. The van der Waals surface area contributed by atoms with Crippen LogP contribution in [0.2, 0.25) is 0 Å². The number of nitrogens with one attached hydrogen (secondary N) is 2. The van der Waals surface area contributed by atoms with E-state index >= 15 is 0 Å². The number of fused-ring (bicyclic) bond motifs is 1. The average Bonchev–Trinajstić information content (AvgIpc) is 2.72. The minimum Gasteiger partial charge on any atom is -0.369 e. The van der Waals surface area contributed by atoms with Crippen LogP contribution < -0.4 is 11.3 Å². The Balaban J connectivity index is 2.26. The highest BCUT2D eigenvalue weighted by Gasteiger charge is 2.11. The number of nitrogens with zero attached hydrogens (tertiary/aromatic N) is 2. The maximum Gasteiger partial charge on any atom is 0.278 e. The van der Waals surface area contributed by atoms with Gasteiger partial charge in [0.25, 0.3) is 5.56 Å². The van der Waals surface area contributed by atoms with E-state index < -0.39 is 0 Å². The molecule has 0 spiro atoms. The lowest BCUT2D eigenvalue weighted by molar-refractivity contribution is 1.17. The molecule has 2 aromatic heterocycles. The molecule has 96 valence electrons. The number of nitrogens with two attached hydrogens (primary N) is 1. The van der Waals surface area contributed by atoms with Crippen LogP contribution in [-0.4, -0.2) is 19.9 Å². The predicted octanol–water partition coefficient (Wildman–Crippen LogP) is 1.97. The summed E-state index contributed by atoms with van der Waals surface area (Å²) in [5.74, 6) is 0.659. The average molecular weight is 320 g/mol. The number of imidazole rings is 1. The van der Waals surface area contributed by atoms with Crippen LogP contribution in [0.4, 0.5) is 5.95 Å². The Morgan fingerprint density at radius 2 is 2.05 bits per heavy atom. The Morgan fingerprint density at radius 1 is 1.26 bits per heavy atom. The molecule has 0 saturated carbocycles. The summed E-state index contributed by atoms with van der Waals surface area (Å²) in [6, 6.07) is 5.82. The molecule has 0 radical (unpaired) electrons. The van der Waals surface area contributed by atoms with Crippen molar-refractivity contribution in [3.05, 3.63) is 38.6 Å². The van der Waals surface area contributed by atoms with E-state index in [-0.39, 0.29) is 11.5 Å². The highest BCUT2D eigenvalue weighted by molar-refractivity contribution is 9.10. The molecule has 19 heavy (non-hydrogen) atoms. The van der Waals surface area contributed by atoms with Crippen molar-refractivity contribution in [1.82, 2.24) is 19.9 Å². The van der Waals surface area contributed by atoms with E-state index in [4.69, 9.17) is 5.73 Å². The summed E-state index contributed by atoms with van der Waals surface area (Å²) in [6.07, 6.45) is 0. The van der Waals surface area contributed by atoms with Gasteiger partial charge in [-0.1, -0.05) is 15.9 Å². The number of rotatable bonds is 1. The molecule has 0 amide bonds. The second kappa shape index (κ2) is 4.20. The highest BCUT2D eigenvalue weighted by Crippen LogP contribution is 2.24. The molecule has 7 heteroatoms. The minimum atomic E-state index is -0.323. The van der Waals surface area contributed by atoms with Gasteiger partial charge in [-0.25, -0.2) is 4.98 Å². The summed E-state index contributed by atoms with van der Waals surface area (Å²) in [7, 11) is 0. The van der Waals surface area contributed by atoms with Gasteiger partial charge in [0.15, 0.2) is 11.2 Å². The zero-order valence-corrected chi connectivity index (χ0v) is 11.6. The van der Waals surface area contributed by atoms with Gasteiger partial charge in [0.05, 0.1) is 0 Å². The van der Waals surface area contributed by atoms with Crippen LogP contribution in [0.1, 0.15) is 5.56 Å². The predicted molar refractivity (Wildman–Crippen MR) is 76.8 cm³/mol. The lowest BCUT2D eigenvalue weighted by atomic mass is 10.1. The summed E-state index contributed by atoms with van der Waals surface area (Å²) in [5.41, 5.74) is 7.77. The van der Waals surface area contributed by atoms with Gasteiger partial charge in [0, 0.05) is 10.0 Å². The quantitative estimate of drug-likeness (QED) is 0.638. The number of halogens is 1. The second-order valence-electron chi connectivity index (χ2n) is 4.19. The molecular formula is C12H10BrN5O. The first-order chi connectivity index (χ1) is 9.04. The van der Waals surface area contributed by atoms with Gasteiger partial charge < -0.3 is 10.7 Å². The van der Waals surface area contributed by atoms with Gasteiger partial charge in [-0.3, -0.25) is 9.78 Å². The summed E-state index contributed by atoms with van der Waals surface area (Å²) in [6.45, 7) is 1.97. The third-order valence-electron chi connectivity index (χ3n) is 2.82. The Hall–Kier alpha value is -2.15. The molecule has 3 aromatic rings. The smallest absolute Gasteiger partial charge is 0.278 e. The third-order valence-corrected chi connectivity index (χ3v) is 3.32. The SMILES string of the molecule is Cc1cc(Br)ccc1-c1nc2nc(N)[nH]c(=O)c2[nH]1. The third kappa shape index (κ3) is 2.01. The van der Waals surface area contributed by atoms with Gasteiger partial charge >= 0.3 is 0 Å². The van der Waals surface area contributed by atoms with E-state index in [1.165, 1.54) is 0 Å². The molecule has 0 aliphatic carbocycles. The van der Waals surface area contributed by atoms with Crippen LogP contribution >= 0.6 is 15.9 Å². The molecule has 0 aliphatic rings. The van der Waals surface area contributed by atoms with Crippen molar-refractivity contribution < 1.29 is 0 Å². The van der Waals surface area contributed by atoms with Crippen LogP contribution in [0.15, 0.2) is 27.5 Å². The van der Waals surface area contributed by atoms with Crippen molar-refractivity contribution in [2.45, 2.75) is 6.92 Å². The molecule has 3 rings (SSSR count). The fourth-order valence-electron chi connectivity index (χ4n) is 1.94. The van der Waals surface area contributed by atoms with Crippen molar-refractivity contribution in [2.24, 2.45) is 0 Å². The Kier molecular flexibility index (Phi) is 2.63. The van der Waals surface area contributed by atoms with Crippen molar-refractivity contribution in [3.8, 4) is 11.4 Å². The second-order valence-corrected chi connectivity index (χ2v) is 5.11. The number of anilines is 1. The van der Waals surface area contributed by atoms with E-state index in [1.54, 1.807) is 0 Å². The Labute approximate surface area is 116 Å². The Morgan fingerprint density at radius 3 is 2.79 bits per heavy atom. The molecule has 0 unspecified atom stereocenters.